The lowest BCUT2D eigenvalue weighted by Crippen LogP contribution is -2.15. The highest BCUT2D eigenvalue weighted by Crippen LogP contribution is 2.32. The van der Waals surface area contributed by atoms with Crippen LogP contribution in [0.2, 0.25) is 0 Å². The fourth-order valence-electron chi connectivity index (χ4n) is 2.70. The van der Waals surface area contributed by atoms with Gasteiger partial charge in [0.25, 0.3) is 0 Å². The number of hydrogen-bond acceptors (Lipinski definition) is 1. The van der Waals surface area contributed by atoms with Crippen LogP contribution in [0.3, 0.4) is 0 Å². The van der Waals surface area contributed by atoms with Crippen LogP contribution in [-0.4, -0.2) is 10.6 Å². The summed E-state index contributed by atoms with van der Waals surface area (Å²) in [6.45, 7) is 0. The average molecular weight is 279 g/mol. The van der Waals surface area contributed by atoms with E-state index in [2.05, 4.69) is 51.0 Å². The van der Waals surface area contributed by atoms with Gasteiger partial charge < -0.3 is 10.3 Å². The highest BCUT2D eigenvalue weighted by Gasteiger charge is 2.23. The molecule has 1 heterocycles. The van der Waals surface area contributed by atoms with Gasteiger partial charge in [0, 0.05) is 33.7 Å². The van der Waals surface area contributed by atoms with Gasteiger partial charge in [0.2, 0.25) is 0 Å². The Hall–Kier alpha value is -0.800. The predicted octanol–water partition coefficient (Wildman–Crippen LogP) is 3.46. The minimum absolute atomic E-state index is 0.387. The smallest absolute Gasteiger partial charge is 0.0483 e. The van der Waals surface area contributed by atoms with Crippen LogP contribution in [-0.2, 0) is 0 Å². The van der Waals surface area contributed by atoms with Gasteiger partial charge in [0.1, 0.15) is 0 Å². The van der Waals surface area contributed by atoms with Crippen molar-refractivity contribution in [2.75, 3.05) is 0 Å². The Balaban J connectivity index is 2.04. The zero-order valence-corrected chi connectivity index (χ0v) is 10.7. The Labute approximate surface area is 104 Å². The van der Waals surface area contributed by atoms with E-state index in [1.165, 1.54) is 17.3 Å². The van der Waals surface area contributed by atoms with Gasteiger partial charge in [0.15, 0.2) is 0 Å². The van der Waals surface area contributed by atoms with Crippen molar-refractivity contribution in [3.05, 3.63) is 34.9 Å². The van der Waals surface area contributed by atoms with Gasteiger partial charge in [-0.1, -0.05) is 15.9 Å². The molecule has 1 fully saturated rings. The number of hydrogen-bond donors (Lipinski definition) is 1. The molecule has 3 rings (SSSR count). The van der Waals surface area contributed by atoms with Crippen LogP contribution in [0.25, 0.3) is 10.9 Å². The second-order valence-corrected chi connectivity index (χ2v) is 5.57. The van der Waals surface area contributed by atoms with E-state index in [1.807, 2.05) is 0 Å². The van der Waals surface area contributed by atoms with E-state index in [-0.39, 0.29) is 0 Å². The lowest BCUT2D eigenvalue weighted by molar-refractivity contribution is 0.526. The molecule has 0 bridgehead atoms. The normalized spacial score (nSPS) is 25.4. The van der Waals surface area contributed by atoms with E-state index in [0.29, 0.717) is 12.1 Å². The average Bonchev–Trinajstić information content (AvgIpc) is 2.83. The molecule has 3 heteroatoms. The number of aromatic nitrogens is 1. The maximum absolute atomic E-state index is 5.98. The van der Waals surface area contributed by atoms with E-state index < -0.39 is 0 Å². The lowest BCUT2D eigenvalue weighted by Gasteiger charge is -2.13. The number of nitrogens with zero attached hydrogens (tertiary/aromatic N) is 1. The zero-order chi connectivity index (χ0) is 11.1. The molecule has 0 saturated heterocycles. The molecule has 1 saturated carbocycles. The summed E-state index contributed by atoms with van der Waals surface area (Å²) in [6.07, 6.45) is 5.67. The molecule has 0 radical (unpaired) electrons. The van der Waals surface area contributed by atoms with E-state index in [1.54, 1.807) is 0 Å². The Morgan fingerprint density at radius 1 is 1.25 bits per heavy atom. The van der Waals surface area contributed by atoms with Crippen LogP contribution in [0.4, 0.5) is 0 Å². The fourth-order valence-corrected chi connectivity index (χ4v) is 3.08. The predicted molar refractivity (Wildman–Crippen MR) is 70.5 cm³/mol. The van der Waals surface area contributed by atoms with Crippen LogP contribution in [0, 0.1) is 0 Å². The minimum atomic E-state index is 0.387. The molecule has 1 aromatic heterocycles. The van der Waals surface area contributed by atoms with E-state index in [4.69, 9.17) is 5.73 Å². The van der Waals surface area contributed by atoms with Crippen LogP contribution in [0.1, 0.15) is 25.3 Å². The molecular formula is C13H15BrN2. The second-order valence-electron chi connectivity index (χ2n) is 4.65. The molecule has 16 heavy (non-hydrogen) atoms. The summed E-state index contributed by atoms with van der Waals surface area (Å²) < 4.78 is 3.52. The van der Waals surface area contributed by atoms with Crippen LogP contribution in [0.5, 0.6) is 0 Å². The van der Waals surface area contributed by atoms with E-state index in [9.17, 15) is 0 Å². The van der Waals surface area contributed by atoms with Crippen LogP contribution in [0.15, 0.2) is 34.9 Å². The quantitative estimate of drug-likeness (QED) is 0.851. The molecular weight excluding hydrogens is 264 g/mol. The van der Waals surface area contributed by atoms with Gasteiger partial charge in [-0.2, -0.15) is 0 Å². The first-order valence-corrected chi connectivity index (χ1v) is 6.55. The Morgan fingerprint density at radius 2 is 2.12 bits per heavy atom. The summed E-state index contributed by atoms with van der Waals surface area (Å²) >= 11 is 3.51. The minimum Gasteiger partial charge on any atom is -0.344 e. The van der Waals surface area contributed by atoms with E-state index >= 15 is 0 Å². The van der Waals surface area contributed by atoms with E-state index in [0.717, 1.165) is 17.3 Å². The maximum Gasteiger partial charge on any atom is 0.0483 e. The molecule has 2 N–H and O–H groups in total. The van der Waals surface area contributed by atoms with Crippen molar-refractivity contribution in [1.29, 1.82) is 0 Å². The number of nitrogens with two attached hydrogens (primary N) is 1. The van der Waals surface area contributed by atoms with Gasteiger partial charge in [-0.15, -0.1) is 0 Å². The van der Waals surface area contributed by atoms with Gasteiger partial charge in [-0.25, -0.2) is 0 Å². The fraction of sp³-hybridized carbons (Fsp3) is 0.385. The molecule has 84 valence electrons. The van der Waals surface area contributed by atoms with Crippen molar-refractivity contribution in [3.63, 3.8) is 0 Å². The summed E-state index contributed by atoms with van der Waals surface area (Å²) in [4.78, 5) is 0. The number of fused-ring (bicyclic) bond motifs is 1. The molecule has 2 aromatic rings. The first-order valence-electron chi connectivity index (χ1n) is 5.76. The summed E-state index contributed by atoms with van der Waals surface area (Å²) in [5.41, 5.74) is 7.30. The standard InChI is InChI=1S/C13H15BrN2/c14-10-1-4-13-9(7-10)5-6-16(13)12-3-2-11(15)8-12/h1,4-7,11-12H,2-3,8,15H2/t11-,12-/m0/s1. The molecule has 0 spiro atoms. The highest BCUT2D eigenvalue weighted by molar-refractivity contribution is 9.10. The zero-order valence-electron chi connectivity index (χ0n) is 9.07. The van der Waals surface area contributed by atoms with Crippen molar-refractivity contribution >= 4 is 26.8 Å². The van der Waals surface area contributed by atoms with Crippen molar-refractivity contribution in [3.8, 4) is 0 Å². The lowest BCUT2D eigenvalue weighted by atomic mass is 10.2. The first kappa shape index (κ1) is 10.4. The number of benzene rings is 1. The molecule has 1 aliphatic rings. The summed E-state index contributed by atoms with van der Waals surface area (Å²) in [6, 6.07) is 9.62. The summed E-state index contributed by atoms with van der Waals surface area (Å²) in [5, 5.41) is 1.30. The van der Waals surface area contributed by atoms with Crippen LogP contribution < -0.4 is 5.73 Å². The van der Waals surface area contributed by atoms with Crippen molar-refractivity contribution in [2.45, 2.75) is 31.3 Å². The molecule has 2 nitrogen and oxygen atoms in total. The molecule has 0 amide bonds. The molecule has 1 aliphatic carbocycles. The van der Waals surface area contributed by atoms with Gasteiger partial charge in [-0.05, 0) is 43.5 Å². The van der Waals surface area contributed by atoms with Crippen LogP contribution >= 0.6 is 15.9 Å². The molecule has 2 atom stereocenters. The maximum atomic E-state index is 5.98. The molecule has 0 aliphatic heterocycles. The number of halogens is 1. The molecule has 0 unspecified atom stereocenters. The Bertz CT molecular complexity index is 518. The third-order valence-corrected chi connectivity index (χ3v) is 4.01. The van der Waals surface area contributed by atoms with Gasteiger partial charge >= 0.3 is 0 Å². The van der Waals surface area contributed by atoms with Crippen molar-refractivity contribution in [1.82, 2.24) is 4.57 Å². The number of rotatable bonds is 1. The first-order chi connectivity index (χ1) is 7.74. The van der Waals surface area contributed by atoms with Crippen molar-refractivity contribution in [2.24, 2.45) is 5.73 Å². The highest BCUT2D eigenvalue weighted by atomic mass is 79.9. The summed E-state index contributed by atoms with van der Waals surface area (Å²) in [5.74, 6) is 0. The molecule has 1 aromatic carbocycles. The third-order valence-electron chi connectivity index (χ3n) is 3.52. The Kier molecular flexibility index (Phi) is 2.52. The third kappa shape index (κ3) is 1.68. The second kappa shape index (κ2) is 3.90. The monoisotopic (exact) mass is 278 g/mol. The van der Waals surface area contributed by atoms with Gasteiger partial charge in [0.05, 0.1) is 0 Å². The SMILES string of the molecule is N[C@H]1CC[C@H](n2ccc3cc(Br)ccc32)C1. The largest absolute Gasteiger partial charge is 0.344 e. The Morgan fingerprint density at radius 3 is 2.88 bits per heavy atom. The van der Waals surface area contributed by atoms with Crippen molar-refractivity contribution < 1.29 is 0 Å². The van der Waals surface area contributed by atoms with Gasteiger partial charge in [-0.3, -0.25) is 0 Å². The topological polar surface area (TPSA) is 30.9 Å². The summed E-state index contributed by atoms with van der Waals surface area (Å²) in [7, 11) is 0.